The van der Waals surface area contributed by atoms with Gasteiger partial charge in [0.2, 0.25) is 0 Å². The third-order valence-corrected chi connectivity index (χ3v) is 4.43. The minimum atomic E-state index is -4.81. The van der Waals surface area contributed by atoms with Crippen molar-refractivity contribution in [1.82, 2.24) is 0 Å². The Morgan fingerprint density at radius 3 is 2.50 bits per heavy atom. The third kappa shape index (κ3) is 2.64. The Morgan fingerprint density at radius 1 is 1.23 bits per heavy atom. The van der Waals surface area contributed by atoms with Crippen LogP contribution in [0.2, 0.25) is 5.02 Å². The lowest BCUT2D eigenvalue weighted by Crippen LogP contribution is -2.39. The Kier molecular flexibility index (Phi) is 4.06. The van der Waals surface area contributed by atoms with Gasteiger partial charge in [-0.15, -0.1) is 0 Å². The summed E-state index contributed by atoms with van der Waals surface area (Å²) in [6.45, 7) is -0.510. The van der Waals surface area contributed by atoms with Gasteiger partial charge < -0.3 is 9.84 Å². The van der Waals surface area contributed by atoms with Crippen molar-refractivity contribution in [2.24, 2.45) is 0 Å². The zero-order valence-electron chi connectivity index (χ0n) is 12.7. The lowest BCUT2D eigenvalue weighted by atomic mass is 9.75. The number of hydrogen-bond donors (Lipinski definition) is 1. The summed E-state index contributed by atoms with van der Waals surface area (Å²) in [5.41, 5.74) is -4.63. The fraction of sp³-hybridized carbons (Fsp3) is 0.188. The van der Waals surface area contributed by atoms with Gasteiger partial charge in [-0.25, -0.2) is 0 Å². The standard InChI is InChI=1S/C16H9ClF3NO5/c17-9-2-4-13-11(6-9)15(7-26-13,14(22)23)10-3-1-8(16(18,19)20)5-12(10)21(24)25/h1-6H,7H2,(H,22,23). The molecule has 1 aliphatic rings. The molecule has 6 nitrogen and oxygen atoms in total. The van der Waals surface area contributed by atoms with Crippen molar-refractivity contribution in [2.75, 3.05) is 6.61 Å². The molecule has 0 spiro atoms. The van der Waals surface area contributed by atoms with Gasteiger partial charge in [0, 0.05) is 16.7 Å². The van der Waals surface area contributed by atoms with E-state index in [9.17, 15) is 33.2 Å². The number of nitro groups is 1. The summed E-state index contributed by atoms with van der Waals surface area (Å²) in [7, 11) is 0. The van der Waals surface area contributed by atoms with Crippen molar-refractivity contribution in [3.05, 3.63) is 68.2 Å². The number of benzene rings is 2. The van der Waals surface area contributed by atoms with Crippen LogP contribution in [0.4, 0.5) is 18.9 Å². The van der Waals surface area contributed by atoms with E-state index in [4.69, 9.17) is 16.3 Å². The zero-order chi connectivity index (χ0) is 19.3. The molecule has 2 aromatic carbocycles. The van der Waals surface area contributed by atoms with Crippen molar-refractivity contribution in [3.63, 3.8) is 0 Å². The van der Waals surface area contributed by atoms with Crippen LogP contribution in [-0.2, 0) is 16.4 Å². The number of ether oxygens (including phenoxy) is 1. The van der Waals surface area contributed by atoms with Gasteiger partial charge in [-0.1, -0.05) is 11.6 Å². The number of alkyl halides is 3. The Morgan fingerprint density at radius 2 is 1.92 bits per heavy atom. The second-order valence-corrected chi connectivity index (χ2v) is 6.06. The molecule has 26 heavy (non-hydrogen) atoms. The molecule has 1 heterocycles. The van der Waals surface area contributed by atoms with E-state index in [1.165, 1.54) is 18.2 Å². The van der Waals surface area contributed by atoms with Crippen LogP contribution >= 0.6 is 11.6 Å². The van der Waals surface area contributed by atoms with E-state index >= 15 is 0 Å². The monoisotopic (exact) mass is 387 g/mol. The molecule has 0 saturated carbocycles. The second kappa shape index (κ2) is 5.87. The van der Waals surface area contributed by atoms with E-state index in [0.717, 1.165) is 6.07 Å². The maximum atomic E-state index is 12.9. The highest BCUT2D eigenvalue weighted by Crippen LogP contribution is 2.48. The van der Waals surface area contributed by atoms with Crippen LogP contribution in [0.5, 0.6) is 5.75 Å². The summed E-state index contributed by atoms with van der Waals surface area (Å²) >= 11 is 5.90. The highest BCUT2D eigenvalue weighted by Gasteiger charge is 2.53. The van der Waals surface area contributed by atoms with Crippen LogP contribution in [0.25, 0.3) is 0 Å². The number of nitrogens with zero attached hydrogens (tertiary/aromatic N) is 1. The largest absolute Gasteiger partial charge is 0.491 e. The first-order valence-electron chi connectivity index (χ1n) is 7.09. The van der Waals surface area contributed by atoms with Gasteiger partial charge >= 0.3 is 12.1 Å². The number of carbonyl (C=O) groups is 1. The number of rotatable bonds is 3. The number of hydrogen-bond acceptors (Lipinski definition) is 4. The Balaban J connectivity index is 2.32. The van der Waals surface area contributed by atoms with Crippen molar-refractivity contribution in [2.45, 2.75) is 11.6 Å². The molecule has 136 valence electrons. The summed E-state index contributed by atoms with van der Waals surface area (Å²) in [5.74, 6) is -1.35. The summed E-state index contributed by atoms with van der Waals surface area (Å²) < 4.78 is 44.0. The van der Waals surface area contributed by atoms with E-state index in [1.54, 1.807) is 0 Å². The molecular weight excluding hydrogens is 379 g/mol. The number of nitro benzene ring substituents is 1. The normalized spacial score (nSPS) is 18.9. The predicted molar refractivity (Wildman–Crippen MR) is 83.5 cm³/mol. The van der Waals surface area contributed by atoms with Crippen molar-refractivity contribution < 1.29 is 32.7 Å². The Labute approximate surface area is 148 Å². The fourth-order valence-electron chi connectivity index (χ4n) is 2.96. The van der Waals surface area contributed by atoms with Crippen LogP contribution in [0.15, 0.2) is 36.4 Å². The van der Waals surface area contributed by atoms with Gasteiger partial charge in [0.1, 0.15) is 12.4 Å². The molecule has 1 unspecified atom stereocenters. The van der Waals surface area contributed by atoms with E-state index in [0.29, 0.717) is 12.1 Å². The van der Waals surface area contributed by atoms with Gasteiger partial charge in [0.05, 0.1) is 16.1 Å². The molecule has 0 fully saturated rings. The Hall–Kier alpha value is -2.81. The van der Waals surface area contributed by atoms with Crippen LogP contribution in [-0.4, -0.2) is 22.6 Å². The van der Waals surface area contributed by atoms with Crippen molar-refractivity contribution in [3.8, 4) is 5.75 Å². The van der Waals surface area contributed by atoms with Crippen molar-refractivity contribution >= 4 is 23.3 Å². The summed E-state index contributed by atoms with van der Waals surface area (Å²) in [6, 6.07) is 5.85. The van der Waals surface area contributed by atoms with E-state index < -0.39 is 45.9 Å². The summed E-state index contributed by atoms with van der Waals surface area (Å²) in [5, 5.41) is 21.4. The molecule has 10 heteroatoms. The fourth-order valence-corrected chi connectivity index (χ4v) is 3.13. The highest BCUT2D eigenvalue weighted by atomic mass is 35.5. The van der Waals surface area contributed by atoms with Crippen LogP contribution < -0.4 is 4.74 Å². The molecule has 0 amide bonds. The average Bonchev–Trinajstić information content (AvgIpc) is 2.93. The van der Waals surface area contributed by atoms with Gasteiger partial charge in [-0.2, -0.15) is 13.2 Å². The third-order valence-electron chi connectivity index (χ3n) is 4.19. The van der Waals surface area contributed by atoms with Gasteiger partial charge in [-0.3, -0.25) is 14.9 Å². The average molecular weight is 388 g/mol. The van der Waals surface area contributed by atoms with Gasteiger partial charge in [0.15, 0.2) is 5.41 Å². The van der Waals surface area contributed by atoms with Gasteiger partial charge in [-0.05, 0) is 30.3 Å². The maximum Gasteiger partial charge on any atom is 0.416 e. The van der Waals surface area contributed by atoms with E-state index in [-0.39, 0.29) is 16.3 Å². The lowest BCUT2D eigenvalue weighted by Gasteiger charge is -2.24. The van der Waals surface area contributed by atoms with E-state index in [1.807, 2.05) is 0 Å². The lowest BCUT2D eigenvalue weighted by molar-refractivity contribution is -0.386. The molecule has 1 aliphatic heterocycles. The summed E-state index contributed by atoms with van der Waals surface area (Å²) in [6.07, 6.45) is -4.81. The van der Waals surface area contributed by atoms with Crippen LogP contribution in [0, 0.1) is 10.1 Å². The van der Waals surface area contributed by atoms with Crippen molar-refractivity contribution in [1.29, 1.82) is 0 Å². The quantitative estimate of drug-likeness (QED) is 0.634. The Bertz CT molecular complexity index is 931. The number of aliphatic carboxylic acids is 1. The van der Waals surface area contributed by atoms with E-state index in [2.05, 4.69) is 0 Å². The first kappa shape index (κ1) is 18.0. The maximum absolute atomic E-state index is 12.9. The summed E-state index contributed by atoms with van der Waals surface area (Å²) in [4.78, 5) is 22.4. The molecule has 3 rings (SSSR count). The minimum absolute atomic E-state index is 0.0420. The highest BCUT2D eigenvalue weighted by molar-refractivity contribution is 6.30. The SMILES string of the molecule is O=C(O)C1(c2ccc(C(F)(F)F)cc2[N+](=O)[O-])COc2ccc(Cl)cc21. The molecular formula is C16H9ClF3NO5. The smallest absolute Gasteiger partial charge is 0.416 e. The molecule has 0 bridgehead atoms. The molecule has 1 atom stereocenters. The topological polar surface area (TPSA) is 89.7 Å². The molecule has 1 N–H and O–H groups in total. The molecule has 2 aromatic rings. The second-order valence-electron chi connectivity index (χ2n) is 5.63. The first-order chi connectivity index (χ1) is 12.1. The zero-order valence-corrected chi connectivity index (χ0v) is 13.5. The number of carboxylic acids is 1. The number of fused-ring (bicyclic) bond motifs is 1. The number of halogens is 4. The number of carboxylic acid groups (broad SMARTS) is 1. The molecule has 0 aromatic heterocycles. The van der Waals surface area contributed by atoms with Crippen LogP contribution in [0.3, 0.4) is 0 Å². The molecule has 0 radical (unpaired) electrons. The van der Waals surface area contributed by atoms with Crippen LogP contribution in [0.1, 0.15) is 16.7 Å². The molecule has 0 saturated heterocycles. The minimum Gasteiger partial charge on any atom is -0.491 e. The molecule has 0 aliphatic carbocycles. The van der Waals surface area contributed by atoms with Gasteiger partial charge in [0.25, 0.3) is 5.69 Å². The predicted octanol–water partition coefficient (Wildman–Crippen LogP) is 4.03. The first-order valence-corrected chi connectivity index (χ1v) is 7.47.